The molecule has 0 fully saturated rings. The summed E-state index contributed by atoms with van der Waals surface area (Å²) in [5, 5.41) is 3.83. The predicted molar refractivity (Wildman–Crippen MR) is 85.4 cm³/mol. The highest BCUT2D eigenvalue weighted by atomic mass is 14.9. The molecule has 3 unspecified atom stereocenters. The lowest BCUT2D eigenvalue weighted by molar-refractivity contribution is 0.361. The molecule has 0 aliphatic carbocycles. The number of hydrogen-bond acceptors (Lipinski definition) is 1. The topological polar surface area (TPSA) is 12.0 Å². The summed E-state index contributed by atoms with van der Waals surface area (Å²) in [5.74, 6) is 0.810. The first-order chi connectivity index (χ1) is 9.17. The Morgan fingerprint density at radius 1 is 1.05 bits per heavy atom. The number of rotatable bonds is 9. The fourth-order valence-electron chi connectivity index (χ4n) is 2.62. The minimum atomic E-state index is 0.514. The van der Waals surface area contributed by atoms with E-state index >= 15 is 0 Å². The highest BCUT2D eigenvalue weighted by Gasteiger charge is 2.15. The first-order valence-electron chi connectivity index (χ1n) is 7.98. The van der Waals surface area contributed by atoms with Gasteiger partial charge in [0.1, 0.15) is 0 Å². The zero-order valence-corrected chi connectivity index (χ0v) is 13.2. The molecule has 1 rings (SSSR count). The smallest absolute Gasteiger partial charge is 0.0322 e. The number of hydrogen-bond donors (Lipinski definition) is 1. The summed E-state index contributed by atoms with van der Waals surface area (Å²) < 4.78 is 0. The summed E-state index contributed by atoms with van der Waals surface area (Å²) in [5.41, 5.74) is 1.44. The van der Waals surface area contributed by atoms with Crippen LogP contribution in [0.1, 0.15) is 71.4 Å². The first kappa shape index (κ1) is 16.2. The number of nitrogens with one attached hydrogen (secondary N) is 1. The van der Waals surface area contributed by atoms with Crippen molar-refractivity contribution in [2.45, 2.75) is 71.9 Å². The lowest BCUT2D eigenvalue weighted by atomic mass is 9.96. The van der Waals surface area contributed by atoms with Crippen LogP contribution in [-0.4, -0.2) is 6.04 Å². The van der Waals surface area contributed by atoms with Crippen LogP contribution in [0.2, 0.25) is 0 Å². The van der Waals surface area contributed by atoms with Crippen molar-refractivity contribution in [2.24, 2.45) is 5.92 Å². The highest BCUT2D eigenvalue weighted by Crippen LogP contribution is 2.21. The van der Waals surface area contributed by atoms with Crippen LogP contribution in [0, 0.1) is 5.92 Å². The largest absolute Gasteiger partial charge is 0.307 e. The predicted octanol–water partition coefficient (Wildman–Crippen LogP) is 5.33. The molecule has 0 saturated carbocycles. The van der Waals surface area contributed by atoms with E-state index in [-0.39, 0.29) is 0 Å². The minimum absolute atomic E-state index is 0.514. The van der Waals surface area contributed by atoms with E-state index in [0.29, 0.717) is 12.1 Å². The zero-order chi connectivity index (χ0) is 14.1. The minimum Gasteiger partial charge on any atom is -0.307 e. The maximum absolute atomic E-state index is 3.83. The van der Waals surface area contributed by atoms with Gasteiger partial charge in [-0.2, -0.15) is 0 Å². The van der Waals surface area contributed by atoms with Gasteiger partial charge < -0.3 is 5.32 Å². The first-order valence-corrected chi connectivity index (χ1v) is 7.98. The molecular formula is C18H31N. The summed E-state index contributed by atoms with van der Waals surface area (Å²) >= 11 is 0. The maximum atomic E-state index is 3.83. The quantitative estimate of drug-likeness (QED) is 0.633. The standard InChI is InChI=1S/C18H31N/c1-5-7-13-18(17-11-9-8-10-12-17)19-16(4)14-15(3)6-2/h8-12,15-16,18-19H,5-7,13-14H2,1-4H3. The third-order valence-electron chi connectivity index (χ3n) is 3.99. The van der Waals surface area contributed by atoms with E-state index in [1.54, 1.807) is 0 Å². The van der Waals surface area contributed by atoms with Crippen LogP contribution in [0.4, 0.5) is 0 Å². The van der Waals surface area contributed by atoms with Crippen molar-refractivity contribution < 1.29 is 0 Å². The van der Waals surface area contributed by atoms with Crippen molar-refractivity contribution >= 4 is 0 Å². The molecule has 19 heavy (non-hydrogen) atoms. The molecule has 0 aliphatic heterocycles. The molecular weight excluding hydrogens is 230 g/mol. The summed E-state index contributed by atoms with van der Waals surface area (Å²) in [7, 11) is 0. The molecule has 1 nitrogen and oxygen atoms in total. The summed E-state index contributed by atoms with van der Waals surface area (Å²) in [4.78, 5) is 0. The van der Waals surface area contributed by atoms with E-state index in [2.05, 4.69) is 63.3 Å². The molecule has 0 saturated heterocycles. The van der Waals surface area contributed by atoms with Crippen LogP contribution >= 0.6 is 0 Å². The molecule has 1 aromatic rings. The molecule has 1 N–H and O–H groups in total. The average molecular weight is 261 g/mol. The van der Waals surface area contributed by atoms with Gasteiger partial charge in [0.2, 0.25) is 0 Å². The van der Waals surface area contributed by atoms with Crippen molar-refractivity contribution in [3.8, 4) is 0 Å². The lowest BCUT2D eigenvalue weighted by Gasteiger charge is -2.25. The van der Waals surface area contributed by atoms with Crippen molar-refractivity contribution in [3.63, 3.8) is 0 Å². The molecule has 0 amide bonds. The molecule has 0 heterocycles. The second-order valence-electron chi connectivity index (χ2n) is 5.92. The molecule has 0 bridgehead atoms. The van der Waals surface area contributed by atoms with Crippen LogP contribution in [0.25, 0.3) is 0 Å². The summed E-state index contributed by atoms with van der Waals surface area (Å²) in [6, 6.07) is 12.0. The summed E-state index contributed by atoms with van der Waals surface area (Å²) in [6.07, 6.45) is 6.35. The van der Waals surface area contributed by atoms with Gasteiger partial charge in [0.15, 0.2) is 0 Å². The van der Waals surface area contributed by atoms with E-state index in [1.165, 1.54) is 37.7 Å². The Balaban J connectivity index is 2.59. The van der Waals surface area contributed by atoms with E-state index in [1.807, 2.05) is 0 Å². The number of benzene rings is 1. The number of unbranched alkanes of at least 4 members (excludes halogenated alkanes) is 1. The molecule has 1 heteroatoms. The fraction of sp³-hybridized carbons (Fsp3) is 0.667. The second kappa shape index (κ2) is 9.14. The van der Waals surface area contributed by atoms with Crippen LogP contribution in [-0.2, 0) is 0 Å². The normalized spacial score (nSPS) is 16.0. The fourth-order valence-corrected chi connectivity index (χ4v) is 2.62. The van der Waals surface area contributed by atoms with Gasteiger partial charge in [0.05, 0.1) is 0 Å². The van der Waals surface area contributed by atoms with Gasteiger partial charge in [-0.05, 0) is 31.2 Å². The van der Waals surface area contributed by atoms with Crippen molar-refractivity contribution in [1.29, 1.82) is 0 Å². The van der Waals surface area contributed by atoms with Crippen LogP contribution < -0.4 is 5.32 Å². The Hall–Kier alpha value is -0.820. The lowest BCUT2D eigenvalue weighted by Crippen LogP contribution is -2.32. The van der Waals surface area contributed by atoms with Gasteiger partial charge in [-0.15, -0.1) is 0 Å². The molecule has 3 atom stereocenters. The van der Waals surface area contributed by atoms with Gasteiger partial charge >= 0.3 is 0 Å². The van der Waals surface area contributed by atoms with Crippen LogP contribution in [0.15, 0.2) is 30.3 Å². The highest BCUT2D eigenvalue weighted by molar-refractivity contribution is 5.18. The molecule has 0 aliphatic rings. The second-order valence-corrected chi connectivity index (χ2v) is 5.92. The Kier molecular flexibility index (Phi) is 7.81. The van der Waals surface area contributed by atoms with Gasteiger partial charge in [-0.25, -0.2) is 0 Å². The van der Waals surface area contributed by atoms with Gasteiger partial charge in [-0.1, -0.05) is 70.4 Å². The van der Waals surface area contributed by atoms with Gasteiger partial charge in [0.25, 0.3) is 0 Å². The molecule has 0 aromatic heterocycles. The van der Waals surface area contributed by atoms with E-state index in [0.717, 1.165) is 5.92 Å². The Labute approximate surface area is 119 Å². The molecule has 1 aromatic carbocycles. The SMILES string of the molecule is CCCCC(NC(C)CC(C)CC)c1ccccc1. The molecule has 0 spiro atoms. The van der Waals surface area contributed by atoms with E-state index < -0.39 is 0 Å². The van der Waals surface area contributed by atoms with E-state index in [9.17, 15) is 0 Å². The summed E-state index contributed by atoms with van der Waals surface area (Å²) in [6.45, 7) is 9.23. The molecule has 0 radical (unpaired) electrons. The van der Waals surface area contributed by atoms with Crippen molar-refractivity contribution in [2.75, 3.05) is 0 Å². The molecule has 108 valence electrons. The van der Waals surface area contributed by atoms with Crippen molar-refractivity contribution in [1.82, 2.24) is 5.32 Å². The average Bonchev–Trinajstić information content (AvgIpc) is 2.44. The Morgan fingerprint density at radius 2 is 1.74 bits per heavy atom. The Bertz CT molecular complexity index is 320. The third kappa shape index (κ3) is 6.24. The van der Waals surface area contributed by atoms with E-state index in [4.69, 9.17) is 0 Å². The Morgan fingerprint density at radius 3 is 2.32 bits per heavy atom. The maximum Gasteiger partial charge on any atom is 0.0322 e. The van der Waals surface area contributed by atoms with Gasteiger partial charge in [-0.3, -0.25) is 0 Å². The monoisotopic (exact) mass is 261 g/mol. The van der Waals surface area contributed by atoms with Crippen LogP contribution in [0.3, 0.4) is 0 Å². The van der Waals surface area contributed by atoms with Crippen molar-refractivity contribution in [3.05, 3.63) is 35.9 Å². The van der Waals surface area contributed by atoms with Crippen LogP contribution in [0.5, 0.6) is 0 Å². The van der Waals surface area contributed by atoms with Gasteiger partial charge in [0, 0.05) is 12.1 Å². The third-order valence-corrected chi connectivity index (χ3v) is 3.99. The zero-order valence-electron chi connectivity index (χ0n) is 13.2.